The molecule has 3 N–H and O–H groups in total. The minimum atomic E-state index is 0.286. The van der Waals surface area contributed by atoms with Crippen LogP contribution in [-0.4, -0.2) is 26.3 Å². The van der Waals surface area contributed by atoms with Gasteiger partial charge in [0.25, 0.3) is 0 Å². The summed E-state index contributed by atoms with van der Waals surface area (Å²) >= 11 is 7.00. The Kier molecular flexibility index (Phi) is 7.11. The molecule has 1 rings (SSSR count). The van der Waals surface area contributed by atoms with Crippen molar-refractivity contribution < 1.29 is 4.74 Å². The number of ether oxygens (including phenoxy) is 1. The molecule has 1 unspecified atom stereocenters. The number of halogens is 2. The summed E-state index contributed by atoms with van der Waals surface area (Å²) in [6, 6.07) is 6.35. The van der Waals surface area contributed by atoms with Crippen molar-refractivity contribution in [3.8, 4) is 0 Å². The monoisotopic (exact) mass is 364 g/mol. The Labute approximate surface area is 119 Å². The molecule has 1 aromatic rings. The summed E-state index contributed by atoms with van der Waals surface area (Å²) in [6.45, 7) is 1.39. The fourth-order valence-corrected chi connectivity index (χ4v) is 2.31. The molecule has 0 aliphatic carbocycles. The number of hydrogen-bond acceptors (Lipinski definition) is 3. The molecule has 5 heteroatoms. The molecule has 0 bridgehead atoms. The van der Waals surface area contributed by atoms with Crippen molar-refractivity contribution in [2.45, 2.75) is 18.9 Å². The number of benzene rings is 1. The van der Waals surface area contributed by atoms with Crippen molar-refractivity contribution in [1.82, 2.24) is 0 Å². The van der Waals surface area contributed by atoms with Crippen molar-refractivity contribution in [3.63, 3.8) is 0 Å². The predicted octanol–water partition coefficient (Wildman–Crippen LogP) is 3.38. The molecule has 17 heavy (non-hydrogen) atoms. The van der Waals surface area contributed by atoms with Gasteiger partial charge < -0.3 is 15.8 Å². The van der Waals surface area contributed by atoms with Crippen LogP contribution in [0, 0.1) is 0 Å². The first kappa shape index (κ1) is 15.0. The van der Waals surface area contributed by atoms with Crippen molar-refractivity contribution in [3.05, 3.63) is 27.1 Å². The van der Waals surface area contributed by atoms with E-state index in [1.54, 1.807) is 7.11 Å². The number of rotatable bonds is 7. The Morgan fingerprint density at radius 1 is 1.41 bits per heavy atom. The van der Waals surface area contributed by atoms with Crippen LogP contribution in [0.2, 0.25) is 0 Å². The summed E-state index contributed by atoms with van der Waals surface area (Å²) in [5, 5.41) is 3.47. The van der Waals surface area contributed by atoms with Gasteiger partial charge in [0.1, 0.15) is 0 Å². The zero-order chi connectivity index (χ0) is 12.7. The molecule has 0 aliphatic rings. The third-order valence-corrected chi connectivity index (χ3v) is 3.60. The maximum absolute atomic E-state index is 5.54. The molecule has 0 radical (unpaired) electrons. The Morgan fingerprint density at radius 3 is 2.82 bits per heavy atom. The summed E-state index contributed by atoms with van der Waals surface area (Å²) in [4.78, 5) is 0. The molecule has 96 valence electrons. The summed E-state index contributed by atoms with van der Waals surface area (Å²) < 4.78 is 7.32. The highest BCUT2D eigenvalue weighted by Gasteiger charge is 2.10. The molecular weight excluding hydrogens is 348 g/mol. The van der Waals surface area contributed by atoms with E-state index in [1.807, 2.05) is 12.1 Å². The van der Waals surface area contributed by atoms with Crippen LogP contribution >= 0.6 is 31.9 Å². The van der Waals surface area contributed by atoms with Crippen LogP contribution in [0.15, 0.2) is 27.1 Å². The molecule has 0 amide bonds. The highest BCUT2D eigenvalue weighted by atomic mass is 79.9. The minimum Gasteiger partial charge on any atom is -0.383 e. The van der Waals surface area contributed by atoms with E-state index in [2.05, 4.69) is 43.2 Å². The standard InChI is InChI=1S/C12H18Br2N2O/c1-17-8-10(3-2-6-15)16-12-7-9(13)4-5-11(12)14/h4-5,7,10,16H,2-3,6,8,15H2,1H3. The van der Waals surface area contributed by atoms with Gasteiger partial charge in [-0.2, -0.15) is 0 Å². The van der Waals surface area contributed by atoms with Crippen molar-refractivity contribution in [1.29, 1.82) is 0 Å². The first-order valence-corrected chi connectivity index (χ1v) is 7.16. The molecule has 0 fully saturated rings. The van der Waals surface area contributed by atoms with E-state index in [0.29, 0.717) is 13.2 Å². The van der Waals surface area contributed by atoms with Gasteiger partial charge in [0.05, 0.1) is 6.61 Å². The molecule has 0 heterocycles. The molecule has 0 saturated carbocycles. The third kappa shape index (κ3) is 5.38. The predicted molar refractivity (Wildman–Crippen MR) is 79.4 cm³/mol. The SMILES string of the molecule is COCC(CCCN)Nc1cc(Br)ccc1Br. The number of methoxy groups -OCH3 is 1. The lowest BCUT2D eigenvalue weighted by Gasteiger charge is -2.20. The van der Waals surface area contributed by atoms with Gasteiger partial charge in [-0.1, -0.05) is 15.9 Å². The summed E-state index contributed by atoms with van der Waals surface area (Å²) in [7, 11) is 1.72. The second-order valence-corrected chi connectivity index (χ2v) is 5.62. The van der Waals surface area contributed by atoms with Crippen LogP contribution in [0.4, 0.5) is 5.69 Å². The lowest BCUT2D eigenvalue weighted by molar-refractivity contribution is 0.182. The van der Waals surface area contributed by atoms with Crippen molar-refractivity contribution in [2.75, 3.05) is 25.6 Å². The second kappa shape index (κ2) is 8.08. The Morgan fingerprint density at radius 2 is 2.18 bits per heavy atom. The smallest absolute Gasteiger partial charge is 0.0664 e. The average molecular weight is 366 g/mol. The fourth-order valence-electron chi connectivity index (χ4n) is 1.59. The summed E-state index contributed by atoms with van der Waals surface area (Å²) in [6.07, 6.45) is 2.00. The molecule has 1 atom stereocenters. The van der Waals surface area contributed by atoms with Gasteiger partial charge >= 0.3 is 0 Å². The quantitative estimate of drug-likeness (QED) is 0.778. The highest BCUT2D eigenvalue weighted by molar-refractivity contribution is 9.11. The molecule has 0 spiro atoms. The molecule has 1 aromatic carbocycles. The molecule has 0 aliphatic heterocycles. The van der Waals surface area contributed by atoms with E-state index in [4.69, 9.17) is 10.5 Å². The summed E-state index contributed by atoms with van der Waals surface area (Å²) in [5.74, 6) is 0. The second-order valence-electron chi connectivity index (χ2n) is 3.85. The molecule has 3 nitrogen and oxygen atoms in total. The van der Waals surface area contributed by atoms with Gasteiger partial charge in [0.2, 0.25) is 0 Å². The Balaban J connectivity index is 2.67. The van der Waals surface area contributed by atoms with Gasteiger partial charge in [-0.05, 0) is 53.5 Å². The van der Waals surface area contributed by atoms with E-state index in [1.165, 1.54) is 0 Å². The lowest BCUT2D eigenvalue weighted by atomic mass is 10.1. The van der Waals surface area contributed by atoms with Crippen LogP contribution in [0.1, 0.15) is 12.8 Å². The summed E-state index contributed by atoms with van der Waals surface area (Å²) in [5.41, 5.74) is 6.60. The van der Waals surface area contributed by atoms with Gasteiger partial charge in [0, 0.05) is 27.8 Å². The normalized spacial score (nSPS) is 12.5. The maximum atomic E-state index is 5.54. The van der Waals surface area contributed by atoms with Gasteiger partial charge in [-0.3, -0.25) is 0 Å². The van der Waals surface area contributed by atoms with Crippen molar-refractivity contribution in [2.24, 2.45) is 5.73 Å². The van der Waals surface area contributed by atoms with Crippen LogP contribution in [0.5, 0.6) is 0 Å². The van der Waals surface area contributed by atoms with Gasteiger partial charge in [0.15, 0.2) is 0 Å². The van der Waals surface area contributed by atoms with Crippen LogP contribution in [0.3, 0.4) is 0 Å². The van der Waals surface area contributed by atoms with E-state index in [0.717, 1.165) is 27.5 Å². The lowest BCUT2D eigenvalue weighted by Crippen LogP contribution is -2.26. The minimum absolute atomic E-state index is 0.286. The van der Waals surface area contributed by atoms with E-state index in [-0.39, 0.29) is 6.04 Å². The molecular formula is C12H18Br2N2O. The van der Waals surface area contributed by atoms with E-state index < -0.39 is 0 Å². The first-order chi connectivity index (χ1) is 8.17. The Hall–Kier alpha value is -0.100. The highest BCUT2D eigenvalue weighted by Crippen LogP contribution is 2.27. The topological polar surface area (TPSA) is 47.3 Å². The zero-order valence-corrected chi connectivity index (χ0v) is 13.1. The van der Waals surface area contributed by atoms with Crippen LogP contribution in [0.25, 0.3) is 0 Å². The fraction of sp³-hybridized carbons (Fsp3) is 0.500. The van der Waals surface area contributed by atoms with E-state index >= 15 is 0 Å². The number of anilines is 1. The number of nitrogens with two attached hydrogens (primary N) is 1. The van der Waals surface area contributed by atoms with Gasteiger partial charge in [-0.15, -0.1) is 0 Å². The van der Waals surface area contributed by atoms with Crippen LogP contribution < -0.4 is 11.1 Å². The largest absolute Gasteiger partial charge is 0.383 e. The maximum Gasteiger partial charge on any atom is 0.0664 e. The van der Waals surface area contributed by atoms with Gasteiger partial charge in [-0.25, -0.2) is 0 Å². The number of nitrogens with one attached hydrogen (secondary N) is 1. The van der Waals surface area contributed by atoms with Crippen LogP contribution in [-0.2, 0) is 4.74 Å². The van der Waals surface area contributed by atoms with E-state index in [9.17, 15) is 0 Å². The van der Waals surface area contributed by atoms with Crippen molar-refractivity contribution >= 4 is 37.5 Å². The zero-order valence-electron chi connectivity index (χ0n) is 9.88. The first-order valence-electron chi connectivity index (χ1n) is 5.58. The molecule has 0 aromatic heterocycles. The average Bonchev–Trinajstić information content (AvgIpc) is 2.31. The Bertz CT molecular complexity index is 347. The molecule has 0 saturated heterocycles. The third-order valence-electron chi connectivity index (χ3n) is 2.41. The number of hydrogen-bond donors (Lipinski definition) is 2.